The van der Waals surface area contributed by atoms with E-state index in [0.717, 1.165) is 25.9 Å². The second kappa shape index (κ2) is 6.98. The number of ether oxygens (including phenoxy) is 2. The van der Waals surface area contributed by atoms with Crippen LogP contribution in [0.5, 0.6) is 0 Å². The van der Waals surface area contributed by atoms with Gasteiger partial charge in [0, 0.05) is 12.6 Å². The Balaban J connectivity index is 2.16. The average Bonchev–Trinajstić information content (AvgIpc) is 2.25. The van der Waals surface area contributed by atoms with Gasteiger partial charge in [-0.25, -0.2) is 4.79 Å². The molecule has 1 saturated heterocycles. The molecule has 0 aromatic heterocycles. The minimum Gasteiger partial charge on any atom is -0.444 e. The molecule has 1 aliphatic rings. The predicted molar refractivity (Wildman–Crippen MR) is 71.7 cm³/mol. The molecule has 0 aromatic rings. The zero-order valence-electron chi connectivity index (χ0n) is 12.1. The minimum absolute atomic E-state index is 0.130. The maximum Gasteiger partial charge on any atom is 0.407 e. The van der Waals surface area contributed by atoms with Crippen LogP contribution < -0.4 is 5.32 Å². The van der Waals surface area contributed by atoms with Gasteiger partial charge in [0.2, 0.25) is 0 Å². The van der Waals surface area contributed by atoms with Crippen LogP contribution in [-0.4, -0.2) is 30.4 Å². The van der Waals surface area contributed by atoms with Crippen molar-refractivity contribution in [2.24, 2.45) is 0 Å². The average molecular weight is 257 g/mol. The lowest BCUT2D eigenvalue weighted by Crippen LogP contribution is -2.38. The van der Waals surface area contributed by atoms with Gasteiger partial charge < -0.3 is 14.8 Å². The van der Waals surface area contributed by atoms with E-state index >= 15 is 0 Å². The molecule has 4 heteroatoms. The summed E-state index contributed by atoms with van der Waals surface area (Å²) in [6.45, 7) is 8.50. The van der Waals surface area contributed by atoms with E-state index in [0.29, 0.717) is 6.10 Å². The molecule has 1 amide bonds. The molecule has 1 aliphatic heterocycles. The molecular formula is C14H27NO3. The lowest BCUT2D eigenvalue weighted by atomic mass is 10.0. The fourth-order valence-electron chi connectivity index (χ4n) is 2.05. The third-order valence-electron chi connectivity index (χ3n) is 2.96. The number of alkyl carbamates (subject to hydrolysis) is 1. The fraction of sp³-hybridized carbons (Fsp3) is 0.929. The molecule has 4 nitrogen and oxygen atoms in total. The molecule has 0 aliphatic carbocycles. The second-order valence-electron chi connectivity index (χ2n) is 6.11. The summed E-state index contributed by atoms with van der Waals surface area (Å²) in [5.41, 5.74) is -0.434. The SMILES string of the molecule is C[C@@H](CC[C@@H]1CCCCO1)NC(=O)OC(C)(C)C. The zero-order chi connectivity index (χ0) is 13.6. The molecule has 106 valence electrons. The Labute approximate surface area is 110 Å². The Morgan fingerprint density at radius 3 is 2.72 bits per heavy atom. The van der Waals surface area contributed by atoms with Gasteiger partial charge in [-0.1, -0.05) is 0 Å². The number of carbonyl (C=O) groups excluding carboxylic acids is 1. The summed E-state index contributed by atoms with van der Waals surface area (Å²) in [4.78, 5) is 11.6. The molecule has 0 radical (unpaired) electrons. The molecule has 0 spiro atoms. The third-order valence-corrected chi connectivity index (χ3v) is 2.96. The summed E-state index contributed by atoms with van der Waals surface area (Å²) >= 11 is 0. The molecule has 0 bridgehead atoms. The van der Waals surface area contributed by atoms with Gasteiger partial charge in [-0.05, 0) is 59.8 Å². The van der Waals surface area contributed by atoms with Crippen LogP contribution in [0, 0.1) is 0 Å². The van der Waals surface area contributed by atoms with Crippen LogP contribution in [-0.2, 0) is 9.47 Å². The molecule has 0 aromatic carbocycles. The number of rotatable bonds is 4. The van der Waals surface area contributed by atoms with Crippen molar-refractivity contribution in [2.75, 3.05) is 6.61 Å². The van der Waals surface area contributed by atoms with Gasteiger partial charge in [-0.3, -0.25) is 0 Å². The van der Waals surface area contributed by atoms with Crippen LogP contribution in [0.25, 0.3) is 0 Å². The van der Waals surface area contributed by atoms with Gasteiger partial charge in [0.1, 0.15) is 5.60 Å². The number of carbonyl (C=O) groups is 1. The highest BCUT2D eigenvalue weighted by Gasteiger charge is 2.19. The maximum absolute atomic E-state index is 11.6. The van der Waals surface area contributed by atoms with E-state index in [4.69, 9.17) is 9.47 Å². The van der Waals surface area contributed by atoms with E-state index in [9.17, 15) is 4.79 Å². The number of hydrogen-bond donors (Lipinski definition) is 1. The number of nitrogens with one attached hydrogen (secondary N) is 1. The first-order chi connectivity index (χ1) is 8.37. The van der Waals surface area contributed by atoms with Crippen LogP contribution in [0.3, 0.4) is 0 Å². The van der Waals surface area contributed by atoms with Crippen molar-refractivity contribution >= 4 is 6.09 Å². The molecule has 1 heterocycles. The van der Waals surface area contributed by atoms with E-state index in [1.54, 1.807) is 0 Å². The highest BCUT2D eigenvalue weighted by Crippen LogP contribution is 2.17. The standard InChI is InChI=1S/C14H27NO3/c1-11(15-13(16)18-14(2,3)4)8-9-12-7-5-6-10-17-12/h11-12H,5-10H2,1-4H3,(H,15,16)/t11-,12-/m0/s1. The van der Waals surface area contributed by atoms with Gasteiger partial charge in [0.15, 0.2) is 0 Å². The van der Waals surface area contributed by atoms with E-state index in [1.807, 2.05) is 27.7 Å². The number of hydrogen-bond acceptors (Lipinski definition) is 3. The fourth-order valence-corrected chi connectivity index (χ4v) is 2.05. The minimum atomic E-state index is -0.434. The van der Waals surface area contributed by atoms with Gasteiger partial charge in [0.05, 0.1) is 6.10 Å². The van der Waals surface area contributed by atoms with Gasteiger partial charge in [-0.15, -0.1) is 0 Å². The van der Waals surface area contributed by atoms with Crippen molar-refractivity contribution in [1.29, 1.82) is 0 Å². The summed E-state index contributed by atoms with van der Waals surface area (Å²) in [7, 11) is 0. The molecule has 18 heavy (non-hydrogen) atoms. The molecule has 1 rings (SSSR count). The Kier molecular flexibility index (Phi) is 5.93. The molecule has 1 N–H and O–H groups in total. The van der Waals surface area contributed by atoms with Crippen LogP contribution >= 0.6 is 0 Å². The quantitative estimate of drug-likeness (QED) is 0.841. The Morgan fingerprint density at radius 1 is 1.44 bits per heavy atom. The van der Waals surface area contributed by atoms with Gasteiger partial charge >= 0.3 is 6.09 Å². The van der Waals surface area contributed by atoms with Crippen molar-refractivity contribution in [1.82, 2.24) is 5.32 Å². The van der Waals surface area contributed by atoms with Crippen LogP contribution in [0.4, 0.5) is 4.79 Å². The Hall–Kier alpha value is -0.770. The summed E-state index contributed by atoms with van der Waals surface area (Å²) in [6, 6.07) is 0.130. The smallest absolute Gasteiger partial charge is 0.407 e. The number of amides is 1. The highest BCUT2D eigenvalue weighted by atomic mass is 16.6. The van der Waals surface area contributed by atoms with Crippen molar-refractivity contribution < 1.29 is 14.3 Å². The molecular weight excluding hydrogens is 230 g/mol. The lowest BCUT2D eigenvalue weighted by Gasteiger charge is -2.25. The zero-order valence-corrected chi connectivity index (χ0v) is 12.1. The summed E-state index contributed by atoms with van der Waals surface area (Å²) in [6.07, 6.45) is 5.59. The van der Waals surface area contributed by atoms with Crippen molar-refractivity contribution in [3.63, 3.8) is 0 Å². The second-order valence-corrected chi connectivity index (χ2v) is 6.11. The van der Waals surface area contributed by atoms with E-state index < -0.39 is 5.60 Å². The van der Waals surface area contributed by atoms with Crippen LogP contribution in [0.1, 0.15) is 59.8 Å². The van der Waals surface area contributed by atoms with Crippen molar-refractivity contribution in [2.45, 2.75) is 77.5 Å². The van der Waals surface area contributed by atoms with Crippen LogP contribution in [0.15, 0.2) is 0 Å². The topological polar surface area (TPSA) is 47.6 Å². The normalized spacial score (nSPS) is 22.3. The van der Waals surface area contributed by atoms with E-state index in [2.05, 4.69) is 5.32 Å². The predicted octanol–water partition coefficient (Wildman–Crippen LogP) is 3.25. The third kappa shape index (κ3) is 6.84. The first-order valence-electron chi connectivity index (χ1n) is 6.98. The molecule has 2 atom stereocenters. The van der Waals surface area contributed by atoms with Crippen molar-refractivity contribution in [3.8, 4) is 0 Å². The molecule has 0 unspecified atom stereocenters. The lowest BCUT2D eigenvalue weighted by molar-refractivity contribution is 0.00815. The summed E-state index contributed by atoms with van der Waals surface area (Å²) < 4.78 is 10.9. The summed E-state index contributed by atoms with van der Waals surface area (Å²) in [5, 5.41) is 2.86. The van der Waals surface area contributed by atoms with Gasteiger partial charge in [-0.2, -0.15) is 0 Å². The largest absolute Gasteiger partial charge is 0.444 e. The maximum atomic E-state index is 11.6. The first kappa shape index (κ1) is 15.3. The Bertz CT molecular complexity index is 254. The van der Waals surface area contributed by atoms with Gasteiger partial charge in [0.25, 0.3) is 0 Å². The highest BCUT2D eigenvalue weighted by molar-refractivity contribution is 5.67. The Morgan fingerprint density at radius 2 is 2.17 bits per heavy atom. The monoisotopic (exact) mass is 257 g/mol. The molecule has 0 saturated carbocycles. The van der Waals surface area contributed by atoms with Crippen LogP contribution in [0.2, 0.25) is 0 Å². The summed E-state index contributed by atoms with van der Waals surface area (Å²) in [5.74, 6) is 0. The first-order valence-corrected chi connectivity index (χ1v) is 6.98. The van der Waals surface area contributed by atoms with E-state index in [1.165, 1.54) is 12.8 Å². The molecule has 1 fully saturated rings. The van der Waals surface area contributed by atoms with Crippen molar-refractivity contribution in [3.05, 3.63) is 0 Å². The van der Waals surface area contributed by atoms with E-state index in [-0.39, 0.29) is 12.1 Å².